The first-order chi connectivity index (χ1) is 22.3. The molecule has 0 saturated heterocycles. The summed E-state index contributed by atoms with van der Waals surface area (Å²) >= 11 is 3.88. The summed E-state index contributed by atoms with van der Waals surface area (Å²) in [5.41, 5.74) is 3.75. The minimum Gasteiger partial charge on any atom is -0.309 e. The van der Waals surface area contributed by atoms with Crippen molar-refractivity contribution >= 4 is 117 Å². The molecule has 0 N–H and O–H groups in total. The molecule has 1 nitrogen and oxygen atoms in total. The Morgan fingerprint density at radius 1 is 0.356 bits per heavy atom. The maximum atomic E-state index is 2.56. The van der Waals surface area contributed by atoms with Crippen LogP contribution in [-0.4, -0.2) is 4.57 Å². The average Bonchev–Trinajstić information content (AvgIpc) is 3.78. The molecule has 11 rings (SSSR count). The molecule has 0 atom stereocenters. The Morgan fingerprint density at radius 3 is 1.47 bits per heavy atom. The van der Waals surface area contributed by atoms with Crippen LogP contribution in [0.3, 0.4) is 0 Å². The summed E-state index contributed by atoms with van der Waals surface area (Å²) in [6.07, 6.45) is 0. The van der Waals surface area contributed by atoms with Crippen molar-refractivity contribution in [2.24, 2.45) is 0 Å². The third kappa shape index (κ3) is 3.07. The molecule has 0 unspecified atom stereocenters. The Kier molecular flexibility index (Phi) is 4.67. The second-order valence-corrected chi connectivity index (χ2v) is 14.1. The highest BCUT2D eigenvalue weighted by molar-refractivity contribution is 7.33. The van der Waals surface area contributed by atoms with Gasteiger partial charge in [0.15, 0.2) is 0 Å². The number of aromatic nitrogens is 1. The minimum absolute atomic E-state index is 1.20. The SMILES string of the molecule is c1ccc2c(c1)sc1c3sc4ccccc4c3c3c(c4ccccc4n3-c3ccc4c5ccccc5c5ccccc5c4c3)c21. The fourth-order valence-electron chi connectivity index (χ4n) is 7.93. The van der Waals surface area contributed by atoms with E-state index in [1.807, 2.05) is 22.7 Å². The smallest absolute Gasteiger partial charge is 0.0641 e. The lowest BCUT2D eigenvalue weighted by molar-refractivity contribution is 1.19. The maximum Gasteiger partial charge on any atom is 0.0641 e. The third-order valence-electron chi connectivity index (χ3n) is 9.74. The lowest BCUT2D eigenvalue weighted by atomic mass is 9.94. The number of fused-ring (bicyclic) bond motifs is 18. The van der Waals surface area contributed by atoms with E-state index in [1.165, 1.54) is 100 Å². The number of rotatable bonds is 1. The number of thiophene rings is 2. The Labute approximate surface area is 265 Å². The highest BCUT2D eigenvalue weighted by atomic mass is 32.1. The summed E-state index contributed by atoms with van der Waals surface area (Å²) < 4.78 is 8.03. The van der Waals surface area contributed by atoms with Gasteiger partial charge in [-0.3, -0.25) is 0 Å². The predicted molar refractivity (Wildman–Crippen MR) is 199 cm³/mol. The molecule has 8 aromatic carbocycles. The largest absolute Gasteiger partial charge is 0.309 e. The molecule has 45 heavy (non-hydrogen) atoms. The summed E-state index contributed by atoms with van der Waals surface area (Å²) in [7, 11) is 0. The Bertz CT molecular complexity index is 3010. The Balaban J connectivity index is 1.41. The highest BCUT2D eigenvalue weighted by Gasteiger charge is 2.24. The summed E-state index contributed by atoms with van der Waals surface area (Å²) in [5.74, 6) is 0. The van der Waals surface area contributed by atoms with Crippen molar-refractivity contribution in [1.29, 1.82) is 0 Å². The van der Waals surface area contributed by atoms with Gasteiger partial charge in [-0.1, -0.05) is 109 Å². The summed E-state index contributed by atoms with van der Waals surface area (Å²) in [5, 5.41) is 15.9. The first-order valence-corrected chi connectivity index (χ1v) is 17.0. The van der Waals surface area contributed by atoms with Crippen molar-refractivity contribution < 1.29 is 0 Å². The number of hydrogen-bond donors (Lipinski definition) is 0. The molecule has 3 aromatic heterocycles. The van der Waals surface area contributed by atoms with E-state index < -0.39 is 0 Å². The predicted octanol–water partition coefficient (Wildman–Crippen LogP) is 13.0. The zero-order valence-electron chi connectivity index (χ0n) is 24.0. The van der Waals surface area contributed by atoms with Crippen molar-refractivity contribution in [3.63, 3.8) is 0 Å². The van der Waals surface area contributed by atoms with E-state index in [-0.39, 0.29) is 0 Å². The van der Waals surface area contributed by atoms with Crippen molar-refractivity contribution in [2.75, 3.05) is 0 Å². The van der Waals surface area contributed by atoms with Crippen LogP contribution >= 0.6 is 22.7 Å². The lowest BCUT2D eigenvalue weighted by Gasteiger charge is -2.14. The molecule has 0 bridgehead atoms. The molecule has 0 spiro atoms. The van der Waals surface area contributed by atoms with Gasteiger partial charge in [0, 0.05) is 47.4 Å². The first-order valence-electron chi connectivity index (χ1n) is 15.4. The van der Waals surface area contributed by atoms with Crippen LogP contribution in [0.15, 0.2) is 140 Å². The van der Waals surface area contributed by atoms with Gasteiger partial charge in [-0.25, -0.2) is 0 Å². The van der Waals surface area contributed by atoms with Crippen LogP contribution in [0.5, 0.6) is 0 Å². The Hall–Kier alpha value is -5.22. The fourth-order valence-corrected chi connectivity index (χ4v) is 10.5. The first kappa shape index (κ1) is 24.1. The van der Waals surface area contributed by atoms with Gasteiger partial charge in [0.2, 0.25) is 0 Å². The fraction of sp³-hybridized carbons (Fsp3) is 0. The van der Waals surface area contributed by atoms with E-state index in [4.69, 9.17) is 0 Å². The monoisotopic (exact) mass is 605 g/mol. The van der Waals surface area contributed by atoms with Gasteiger partial charge in [0.1, 0.15) is 0 Å². The maximum absolute atomic E-state index is 2.56. The van der Waals surface area contributed by atoms with Gasteiger partial charge in [0.05, 0.1) is 20.4 Å². The quantitative estimate of drug-likeness (QED) is 0.164. The van der Waals surface area contributed by atoms with Gasteiger partial charge in [-0.05, 0) is 62.6 Å². The standard InChI is InChI=1S/C42H23NS2/c1-2-13-27-25(11-1)26-12-3-4-14-28(26)33-23-24(21-22-29(27)33)43-34-18-8-5-15-30(34)37-38-31-16-6-9-19-35(31)44-41(38)42-39(40(37)43)32-17-7-10-20-36(32)45-42/h1-23H. The van der Waals surface area contributed by atoms with E-state index in [9.17, 15) is 0 Å². The number of benzene rings is 8. The molecule has 0 radical (unpaired) electrons. The van der Waals surface area contributed by atoms with Crippen LogP contribution in [0, 0.1) is 0 Å². The molecule has 0 aliphatic carbocycles. The molecule has 3 heterocycles. The average molecular weight is 606 g/mol. The van der Waals surface area contributed by atoms with Gasteiger partial charge < -0.3 is 4.57 Å². The van der Waals surface area contributed by atoms with Crippen molar-refractivity contribution in [3.8, 4) is 5.69 Å². The van der Waals surface area contributed by atoms with Gasteiger partial charge >= 0.3 is 0 Å². The second-order valence-electron chi connectivity index (χ2n) is 12.0. The topological polar surface area (TPSA) is 4.93 Å². The van der Waals surface area contributed by atoms with E-state index in [2.05, 4.69) is 144 Å². The number of hydrogen-bond acceptors (Lipinski definition) is 2. The molecule has 208 valence electrons. The molecule has 11 aromatic rings. The molecule has 0 aliphatic heterocycles. The van der Waals surface area contributed by atoms with Crippen LogP contribution in [0.25, 0.3) is 100 Å². The highest BCUT2D eigenvalue weighted by Crippen LogP contribution is 2.52. The van der Waals surface area contributed by atoms with Crippen LogP contribution in [0.2, 0.25) is 0 Å². The molecule has 0 amide bonds. The second kappa shape index (κ2) is 8.70. The normalized spacial score (nSPS) is 12.4. The van der Waals surface area contributed by atoms with Crippen molar-refractivity contribution in [2.45, 2.75) is 0 Å². The lowest BCUT2D eigenvalue weighted by Crippen LogP contribution is -1.95. The summed E-state index contributed by atoms with van der Waals surface area (Å²) in [6.45, 7) is 0. The van der Waals surface area contributed by atoms with Gasteiger partial charge in [-0.15, -0.1) is 22.7 Å². The van der Waals surface area contributed by atoms with E-state index in [0.29, 0.717) is 0 Å². The number of nitrogens with zero attached hydrogens (tertiary/aromatic N) is 1. The third-order valence-corrected chi connectivity index (χ3v) is 12.3. The minimum atomic E-state index is 1.20. The molecule has 0 saturated carbocycles. The van der Waals surface area contributed by atoms with Crippen LogP contribution < -0.4 is 0 Å². The summed E-state index contributed by atoms with van der Waals surface area (Å²) in [6, 6.07) is 51.8. The molecular formula is C42H23NS2. The van der Waals surface area contributed by atoms with Gasteiger partial charge in [-0.2, -0.15) is 0 Å². The van der Waals surface area contributed by atoms with Crippen LogP contribution in [0.1, 0.15) is 0 Å². The van der Waals surface area contributed by atoms with E-state index >= 15 is 0 Å². The molecule has 0 fully saturated rings. The zero-order valence-corrected chi connectivity index (χ0v) is 25.7. The molecule has 3 heteroatoms. The van der Waals surface area contributed by atoms with E-state index in [0.717, 1.165) is 0 Å². The van der Waals surface area contributed by atoms with Crippen LogP contribution in [0.4, 0.5) is 0 Å². The zero-order chi connectivity index (χ0) is 29.2. The van der Waals surface area contributed by atoms with Crippen molar-refractivity contribution in [3.05, 3.63) is 140 Å². The van der Waals surface area contributed by atoms with Crippen molar-refractivity contribution in [1.82, 2.24) is 4.57 Å². The molecular weight excluding hydrogens is 583 g/mol. The van der Waals surface area contributed by atoms with E-state index in [1.54, 1.807) is 0 Å². The van der Waals surface area contributed by atoms with Gasteiger partial charge in [0.25, 0.3) is 0 Å². The summed E-state index contributed by atoms with van der Waals surface area (Å²) in [4.78, 5) is 0. The molecule has 0 aliphatic rings. The van der Waals surface area contributed by atoms with Crippen LogP contribution in [-0.2, 0) is 0 Å². The number of para-hydroxylation sites is 1. The Morgan fingerprint density at radius 2 is 0.822 bits per heavy atom.